The van der Waals surface area contributed by atoms with E-state index in [1.807, 2.05) is 0 Å². The van der Waals surface area contributed by atoms with E-state index in [0.717, 1.165) is 25.3 Å². The monoisotopic (exact) mass is 497 g/mol. The Balaban J connectivity index is 1.80. The minimum atomic E-state index is -4.59. The van der Waals surface area contributed by atoms with Crippen molar-refractivity contribution in [3.63, 3.8) is 0 Å². The van der Waals surface area contributed by atoms with Crippen LogP contribution < -0.4 is 10.1 Å². The fraction of sp³-hybridized carbons (Fsp3) is 0.348. The SMILES string of the molecule is CCOC(=O)C1(C)CN(CC(=O)Nc2ccc(C(F)(F)F)c(OC)c2)N=C1c1ccc(Cl)cc1. The Labute approximate surface area is 199 Å². The van der Waals surface area contributed by atoms with Gasteiger partial charge in [0, 0.05) is 16.8 Å². The summed E-state index contributed by atoms with van der Waals surface area (Å²) in [6.45, 7) is 3.39. The van der Waals surface area contributed by atoms with Gasteiger partial charge < -0.3 is 14.8 Å². The molecule has 0 saturated carbocycles. The number of nitrogens with zero attached hydrogens (tertiary/aromatic N) is 2. The largest absolute Gasteiger partial charge is 0.496 e. The van der Waals surface area contributed by atoms with Crippen molar-refractivity contribution < 1.29 is 32.2 Å². The topological polar surface area (TPSA) is 80.2 Å². The zero-order valence-electron chi connectivity index (χ0n) is 18.7. The third-order valence-electron chi connectivity index (χ3n) is 5.22. The molecule has 0 radical (unpaired) electrons. The molecule has 2 aromatic rings. The van der Waals surface area contributed by atoms with Gasteiger partial charge >= 0.3 is 12.1 Å². The maximum Gasteiger partial charge on any atom is 0.419 e. The molecule has 3 rings (SSSR count). The Hall–Kier alpha value is -3.27. The van der Waals surface area contributed by atoms with Crippen molar-refractivity contribution in [3.8, 4) is 5.75 Å². The maximum atomic E-state index is 13.1. The van der Waals surface area contributed by atoms with Crippen LogP contribution in [-0.2, 0) is 20.5 Å². The van der Waals surface area contributed by atoms with Crippen molar-refractivity contribution in [2.24, 2.45) is 10.5 Å². The Morgan fingerprint density at radius 2 is 1.88 bits per heavy atom. The van der Waals surface area contributed by atoms with Gasteiger partial charge in [0.15, 0.2) is 0 Å². The second-order valence-corrected chi connectivity index (χ2v) is 8.23. The fourth-order valence-corrected chi connectivity index (χ4v) is 3.75. The normalized spacial score (nSPS) is 17.9. The van der Waals surface area contributed by atoms with Gasteiger partial charge in [-0.05, 0) is 43.7 Å². The van der Waals surface area contributed by atoms with Gasteiger partial charge in [-0.2, -0.15) is 18.3 Å². The molecular weight excluding hydrogens is 475 g/mol. The molecule has 1 heterocycles. The van der Waals surface area contributed by atoms with Crippen molar-refractivity contribution in [1.82, 2.24) is 5.01 Å². The van der Waals surface area contributed by atoms with Gasteiger partial charge in [0.05, 0.1) is 31.5 Å². The summed E-state index contributed by atoms with van der Waals surface area (Å²) < 4.78 is 49.2. The van der Waals surface area contributed by atoms with Gasteiger partial charge in [-0.1, -0.05) is 23.7 Å². The highest BCUT2D eigenvalue weighted by molar-refractivity contribution is 6.30. The minimum Gasteiger partial charge on any atom is -0.496 e. The fourth-order valence-electron chi connectivity index (χ4n) is 3.62. The van der Waals surface area contributed by atoms with Crippen LogP contribution in [0.25, 0.3) is 0 Å². The molecule has 0 saturated heterocycles. The summed E-state index contributed by atoms with van der Waals surface area (Å²) in [5.74, 6) is -1.43. The zero-order chi connectivity index (χ0) is 25.1. The highest BCUT2D eigenvalue weighted by Gasteiger charge is 2.47. The Kier molecular flexibility index (Phi) is 7.40. The molecule has 2 aromatic carbocycles. The minimum absolute atomic E-state index is 0.0769. The first-order chi connectivity index (χ1) is 16.0. The number of alkyl halides is 3. The molecular formula is C23H23ClF3N3O4. The smallest absolute Gasteiger partial charge is 0.419 e. The van der Waals surface area contributed by atoms with E-state index >= 15 is 0 Å². The number of carbonyl (C=O) groups is 2. The van der Waals surface area contributed by atoms with Crippen LogP contribution in [0.4, 0.5) is 18.9 Å². The number of amides is 1. The molecule has 1 aliphatic heterocycles. The van der Waals surface area contributed by atoms with Crippen LogP contribution in [0.1, 0.15) is 25.0 Å². The molecule has 7 nitrogen and oxygen atoms in total. The second-order valence-electron chi connectivity index (χ2n) is 7.79. The number of halogens is 4. The summed E-state index contributed by atoms with van der Waals surface area (Å²) in [7, 11) is 1.11. The molecule has 1 N–H and O–H groups in total. The van der Waals surface area contributed by atoms with Gasteiger partial charge in [-0.3, -0.25) is 14.6 Å². The summed E-state index contributed by atoms with van der Waals surface area (Å²) in [6.07, 6.45) is -4.59. The van der Waals surface area contributed by atoms with Crippen molar-refractivity contribution in [2.75, 3.05) is 32.1 Å². The molecule has 0 fully saturated rings. The number of hydrogen-bond donors (Lipinski definition) is 1. The van der Waals surface area contributed by atoms with E-state index in [4.69, 9.17) is 21.1 Å². The lowest BCUT2D eigenvalue weighted by Gasteiger charge is -2.24. The number of hydrazone groups is 1. The van der Waals surface area contributed by atoms with E-state index in [-0.39, 0.29) is 25.4 Å². The van der Waals surface area contributed by atoms with Crippen LogP contribution in [0.2, 0.25) is 5.02 Å². The van der Waals surface area contributed by atoms with Gasteiger partial charge in [-0.15, -0.1) is 0 Å². The zero-order valence-corrected chi connectivity index (χ0v) is 19.5. The summed E-state index contributed by atoms with van der Waals surface area (Å²) in [5.41, 5.74) is -0.886. The first-order valence-corrected chi connectivity index (χ1v) is 10.7. The molecule has 0 aromatic heterocycles. The van der Waals surface area contributed by atoms with Crippen molar-refractivity contribution in [3.05, 3.63) is 58.6 Å². The predicted molar refractivity (Wildman–Crippen MR) is 121 cm³/mol. The lowest BCUT2D eigenvalue weighted by Crippen LogP contribution is -2.41. The average molecular weight is 498 g/mol. The highest BCUT2D eigenvalue weighted by Crippen LogP contribution is 2.37. The van der Waals surface area contributed by atoms with Gasteiger partial charge in [0.1, 0.15) is 17.7 Å². The number of methoxy groups -OCH3 is 1. The van der Waals surface area contributed by atoms with Crippen LogP contribution in [0.3, 0.4) is 0 Å². The maximum absolute atomic E-state index is 13.1. The van der Waals surface area contributed by atoms with E-state index in [0.29, 0.717) is 16.3 Å². The molecule has 11 heteroatoms. The summed E-state index contributed by atoms with van der Waals surface area (Å²) in [5, 5.41) is 8.94. The standard InChI is InChI=1S/C23H23ClF3N3O4/c1-4-34-21(32)22(2)13-30(29-20(22)14-5-7-15(24)8-6-14)12-19(31)28-16-9-10-17(23(25,26)27)18(11-16)33-3/h5-11H,4,12-13H2,1-3H3,(H,28,31). The van der Waals surface area contributed by atoms with E-state index in [1.54, 1.807) is 38.1 Å². The van der Waals surface area contributed by atoms with Crippen molar-refractivity contribution in [1.29, 1.82) is 0 Å². The molecule has 0 spiro atoms. The number of hydrogen-bond acceptors (Lipinski definition) is 6. The van der Waals surface area contributed by atoms with Crippen molar-refractivity contribution >= 4 is 34.9 Å². The second kappa shape index (κ2) is 9.92. The Bertz CT molecular complexity index is 1110. The third kappa shape index (κ3) is 5.44. The van der Waals surface area contributed by atoms with Crippen LogP contribution in [0, 0.1) is 5.41 Å². The highest BCUT2D eigenvalue weighted by atomic mass is 35.5. The first-order valence-electron chi connectivity index (χ1n) is 10.3. The number of anilines is 1. The average Bonchev–Trinajstić information content (AvgIpc) is 3.10. The molecule has 1 atom stereocenters. The Morgan fingerprint density at radius 3 is 2.47 bits per heavy atom. The number of ether oxygens (including phenoxy) is 2. The van der Waals surface area contributed by atoms with E-state index in [1.165, 1.54) is 5.01 Å². The van der Waals surface area contributed by atoms with E-state index in [2.05, 4.69) is 10.4 Å². The first kappa shape index (κ1) is 25.4. The van der Waals surface area contributed by atoms with E-state index < -0.39 is 34.8 Å². The van der Waals surface area contributed by atoms with E-state index in [9.17, 15) is 22.8 Å². The van der Waals surface area contributed by atoms with Gasteiger partial charge in [-0.25, -0.2) is 0 Å². The lowest BCUT2D eigenvalue weighted by atomic mass is 9.82. The van der Waals surface area contributed by atoms with Gasteiger partial charge in [0.2, 0.25) is 5.91 Å². The summed E-state index contributed by atoms with van der Waals surface area (Å²) >= 11 is 5.97. The molecule has 0 bridgehead atoms. The number of benzene rings is 2. The van der Waals surface area contributed by atoms with Gasteiger partial charge in [0.25, 0.3) is 0 Å². The van der Waals surface area contributed by atoms with Crippen LogP contribution in [-0.4, -0.2) is 49.4 Å². The molecule has 1 amide bonds. The lowest BCUT2D eigenvalue weighted by molar-refractivity contribution is -0.150. The molecule has 0 aliphatic carbocycles. The molecule has 1 aliphatic rings. The quantitative estimate of drug-likeness (QED) is 0.566. The number of rotatable bonds is 7. The Morgan fingerprint density at radius 1 is 1.21 bits per heavy atom. The summed E-state index contributed by atoms with van der Waals surface area (Å²) in [4.78, 5) is 25.4. The van der Waals surface area contributed by atoms with Crippen LogP contribution in [0.15, 0.2) is 47.6 Å². The van der Waals surface area contributed by atoms with Crippen LogP contribution in [0.5, 0.6) is 5.75 Å². The third-order valence-corrected chi connectivity index (χ3v) is 5.48. The molecule has 34 heavy (non-hydrogen) atoms. The summed E-state index contributed by atoms with van der Waals surface area (Å²) in [6, 6.07) is 9.83. The van der Waals surface area contributed by atoms with Crippen molar-refractivity contribution in [2.45, 2.75) is 20.0 Å². The van der Waals surface area contributed by atoms with Crippen LogP contribution >= 0.6 is 11.6 Å². The number of carbonyl (C=O) groups excluding carboxylic acids is 2. The molecule has 182 valence electrons. The predicted octanol–water partition coefficient (Wildman–Crippen LogP) is 4.60. The molecule has 1 unspecified atom stereocenters. The number of nitrogens with one attached hydrogen (secondary N) is 1. The number of esters is 1.